The lowest BCUT2D eigenvalue weighted by molar-refractivity contribution is 0.0889. The highest BCUT2D eigenvalue weighted by atomic mass is 16.5. The van der Waals surface area contributed by atoms with Gasteiger partial charge in [-0.05, 0) is 44.8 Å². The molecule has 4 nitrogen and oxygen atoms in total. The number of allylic oxidation sites excluding steroid dienone is 6. The van der Waals surface area contributed by atoms with Crippen molar-refractivity contribution in [2.75, 3.05) is 19.8 Å². The maximum absolute atomic E-state index is 9.02. The quantitative estimate of drug-likeness (QED) is 0.411. The fraction of sp³-hybridized carbons (Fsp3) is 0.619. The topological polar surface area (TPSA) is 60.0 Å². The van der Waals surface area contributed by atoms with Gasteiger partial charge >= 0.3 is 0 Å². The van der Waals surface area contributed by atoms with Crippen LogP contribution in [0.4, 0.5) is 0 Å². The predicted molar refractivity (Wildman–Crippen MR) is 101 cm³/mol. The molecule has 0 radical (unpaired) electrons. The Morgan fingerprint density at radius 2 is 1.76 bits per heavy atom. The van der Waals surface area contributed by atoms with Gasteiger partial charge in [-0.2, -0.15) is 10.5 Å². The average Bonchev–Trinajstić information content (AvgIpc) is 2.60. The predicted octanol–water partition coefficient (Wildman–Crippen LogP) is 5.08. The molecule has 0 bridgehead atoms. The number of hydrogen-bond acceptors (Lipinski definition) is 4. The maximum Gasteiger partial charge on any atom is 0.137 e. The lowest BCUT2D eigenvalue weighted by Crippen LogP contribution is -2.24. The minimum absolute atomic E-state index is 0.166. The van der Waals surface area contributed by atoms with Crippen LogP contribution in [0.1, 0.15) is 59.8 Å². The third kappa shape index (κ3) is 6.77. The van der Waals surface area contributed by atoms with Crippen molar-refractivity contribution < 1.29 is 4.74 Å². The Bertz CT molecular complexity index is 564. The first-order valence-corrected chi connectivity index (χ1v) is 9.33. The molecule has 0 saturated heterocycles. The molecule has 1 unspecified atom stereocenters. The number of unbranched alkanes of at least 4 members (excludes halogenated alkanes) is 1. The van der Waals surface area contributed by atoms with Crippen molar-refractivity contribution in [2.24, 2.45) is 5.92 Å². The molecular weight excluding hydrogens is 310 g/mol. The van der Waals surface area contributed by atoms with Gasteiger partial charge in [0.05, 0.1) is 0 Å². The molecule has 1 aliphatic rings. The summed E-state index contributed by atoms with van der Waals surface area (Å²) in [7, 11) is 0. The van der Waals surface area contributed by atoms with Crippen molar-refractivity contribution in [1.82, 2.24) is 4.90 Å². The smallest absolute Gasteiger partial charge is 0.137 e. The molecule has 4 heteroatoms. The summed E-state index contributed by atoms with van der Waals surface area (Å²) in [6, 6.07) is 3.92. The zero-order valence-electron chi connectivity index (χ0n) is 16.1. The minimum atomic E-state index is 0.166. The van der Waals surface area contributed by atoms with Gasteiger partial charge in [0.25, 0.3) is 0 Å². The molecule has 0 fully saturated rings. The third-order valence-corrected chi connectivity index (χ3v) is 4.66. The zero-order valence-corrected chi connectivity index (χ0v) is 16.1. The average molecular weight is 341 g/mol. The second-order valence-electron chi connectivity index (χ2n) is 6.62. The van der Waals surface area contributed by atoms with E-state index < -0.39 is 0 Å². The maximum atomic E-state index is 9.02. The van der Waals surface area contributed by atoms with Crippen LogP contribution in [0.3, 0.4) is 0 Å². The van der Waals surface area contributed by atoms with Gasteiger partial charge in [0.15, 0.2) is 0 Å². The molecule has 1 aliphatic heterocycles. The van der Waals surface area contributed by atoms with Gasteiger partial charge in [0.1, 0.15) is 17.7 Å². The molecule has 0 N–H and O–H groups in total. The summed E-state index contributed by atoms with van der Waals surface area (Å²) >= 11 is 0. The normalized spacial score (nSPS) is 15.1. The summed E-state index contributed by atoms with van der Waals surface area (Å²) in [5.74, 6) is 0.682. The van der Waals surface area contributed by atoms with Crippen molar-refractivity contribution in [1.29, 1.82) is 10.5 Å². The molecule has 0 aromatic rings. The van der Waals surface area contributed by atoms with E-state index in [1.807, 2.05) is 38.1 Å². The van der Waals surface area contributed by atoms with E-state index in [4.69, 9.17) is 15.3 Å². The summed E-state index contributed by atoms with van der Waals surface area (Å²) < 4.78 is 5.88. The van der Waals surface area contributed by atoms with Gasteiger partial charge in [-0.1, -0.05) is 33.1 Å². The zero-order chi connectivity index (χ0) is 18.7. The van der Waals surface area contributed by atoms with Crippen LogP contribution < -0.4 is 0 Å². The van der Waals surface area contributed by atoms with E-state index in [0.717, 1.165) is 37.6 Å². The van der Waals surface area contributed by atoms with Crippen LogP contribution in [0.5, 0.6) is 0 Å². The molecular formula is C21H31N3O. The fourth-order valence-corrected chi connectivity index (χ4v) is 3.05. The highest BCUT2D eigenvalue weighted by Crippen LogP contribution is 2.24. The van der Waals surface area contributed by atoms with E-state index in [2.05, 4.69) is 18.7 Å². The van der Waals surface area contributed by atoms with E-state index in [1.165, 1.54) is 25.7 Å². The summed E-state index contributed by atoms with van der Waals surface area (Å²) in [5.41, 5.74) is 2.99. The first kappa shape index (κ1) is 21.0. The summed E-state index contributed by atoms with van der Waals surface area (Å²) in [6.45, 7) is 11.0. The Balaban J connectivity index is 2.46. The van der Waals surface area contributed by atoms with Gasteiger partial charge in [-0.15, -0.1) is 0 Å². The number of nitrogens with zero attached hydrogens (tertiary/aromatic N) is 3. The molecule has 1 atom stereocenters. The van der Waals surface area contributed by atoms with Crippen LogP contribution in [0.15, 0.2) is 34.7 Å². The number of rotatable bonds is 10. The molecule has 0 spiro atoms. The van der Waals surface area contributed by atoms with E-state index in [9.17, 15) is 0 Å². The minimum Gasteiger partial charge on any atom is -0.381 e. The molecule has 0 aliphatic carbocycles. The van der Waals surface area contributed by atoms with Gasteiger partial charge in [-0.3, -0.25) is 0 Å². The first-order valence-electron chi connectivity index (χ1n) is 9.33. The standard InChI is InChI=1S/C21H31N3O/c1-5-7-9-19(6-2)16-25-11-8-10-24-17(3)12-20(13-18(24)4)21(14-22)15-23/h12-13,19H,5-11,16H2,1-4H3. The van der Waals surface area contributed by atoms with E-state index >= 15 is 0 Å². The highest BCUT2D eigenvalue weighted by molar-refractivity contribution is 5.53. The van der Waals surface area contributed by atoms with Crippen molar-refractivity contribution in [3.05, 3.63) is 34.7 Å². The lowest BCUT2D eigenvalue weighted by Gasteiger charge is -2.29. The van der Waals surface area contributed by atoms with Crippen LogP contribution in [0, 0.1) is 28.6 Å². The second-order valence-corrected chi connectivity index (χ2v) is 6.62. The highest BCUT2D eigenvalue weighted by Gasteiger charge is 2.15. The number of ether oxygens (including phenoxy) is 1. The lowest BCUT2D eigenvalue weighted by atomic mass is 10.0. The van der Waals surface area contributed by atoms with Crippen molar-refractivity contribution in [3.8, 4) is 12.1 Å². The number of hydrogen-bond donors (Lipinski definition) is 0. The monoisotopic (exact) mass is 341 g/mol. The molecule has 1 rings (SSSR count). The first-order chi connectivity index (χ1) is 12.1. The Morgan fingerprint density at radius 3 is 2.28 bits per heavy atom. The summed E-state index contributed by atoms with van der Waals surface area (Å²) in [6.07, 6.45) is 9.76. The van der Waals surface area contributed by atoms with Crippen LogP contribution in [-0.2, 0) is 4.74 Å². The van der Waals surface area contributed by atoms with E-state index in [0.29, 0.717) is 11.5 Å². The summed E-state index contributed by atoms with van der Waals surface area (Å²) in [4.78, 5) is 2.22. The van der Waals surface area contributed by atoms with Crippen LogP contribution in [0.2, 0.25) is 0 Å². The Morgan fingerprint density at radius 1 is 1.12 bits per heavy atom. The van der Waals surface area contributed by atoms with Crippen LogP contribution in [0.25, 0.3) is 0 Å². The largest absolute Gasteiger partial charge is 0.381 e. The Kier molecular flexibility index (Phi) is 9.66. The van der Waals surface area contributed by atoms with Crippen LogP contribution >= 0.6 is 0 Å². The van der Waals surface area contributed by atoms with Crippen molar-refractivity contribution in [2.45, 2.75) is 59.8 Å². The Hall–Kier alpha value is -2.04. The molecule has 0 aromatic carbocycles. The van der Waals surface area contributed by atoms with Crippen molar-refractivity contribution >= 4 is 0 Å². The summed E-state index contributed by atoms with van der Waals surface area (Å²) in [5, 5.41) is 18.0. The van der Waals surface area contributed by atoms with E-state index in [-0.39, 0.29) is 5.57 Å². The van der Waals surface area contributed by atoms with E-state index in [1.54, 1.807) is 0 Å². The number of nitriles is 2. The molecule has 0 amide bonds. The van der Waals surface area contributed by atoms with Crippen LogP contribution in [-0.4, -0.2) is 24.7 Å². The second kappa shape index (κ2) is 11.5. The molecule has 0 saturated carbocycles. The third-order valence-electron chi connectivity index (χ3n) is 4.66. The van der Waals surface area contributed by atoms with Crippen molar-refractivity contribution in [3.63, 3.8) is 0 Å². The van der Waals surface area contributed by atoms with Gasteiger partial charge in [-0.25, -0.2) is 0 Å². The molecule has 25 heavy (non-hydrogen) atoms. The molecule has 136 valence electrons. The van der Waals surface area contributed by atoms with Gasteiger partial charge in [0.2, 0.25) is 0 Å². The fourth-order valence-electron chi connectivity index (χ4n) is 3.05. The molecule has 0 aromatic heterocycles. The van der Waals surface area contributed by atoms with Gasteiger partial charge < -0.3 is 9.64 Å². The Labute approximate surface area is 153 Å². The van der Waals surface area contributed by atoms with Gasteiger partial charge in [0, 0.05) is 36.7 Å². The molecule has 1 heterocycles. The SMILES string of the molecule is CCCCC(CC)COCCCN1C(C)=CC(=C(C#N)C#N)C=C1C.